The van der Waals surface area contributed by atoms with Gasteiger partial charge in [-0.15, -0.1) is 0 Å². The zero-order valence-corrected chi connectivity index (χ0v) is 15.9. The number of benzene rings is 2. The van der Waals surface area contributed by atoms with E-state index in [4.69, 9.17) is 23.9 Å². The maximum atomic E-state index is 12.2. The van der Waals surface area contributed by atoms with E-state index in [-0.39, 0.29) is 25.1 Å². The van der Waals surface area contributed by atoms with Crippen LogP contribution in [0.1, 0.15) is 34.6 Å². The minimum Gasteiger partial charge on any atom is -0.469 e. The molecule has 1 unspecified atom stereocenters. The van der Waals surface area contributed by atoms with Crippen LogP contribution in [-0.2, 0) is 9.53 Å². The lowest BCUT2D eigenvalue weighted by molar-refractivity contribution is -0.140. The number of rotatable bonds is 2. The Labute approximate surface area is 162 Å². The monoisotopic (exact) mass is 377 g/mol. The zero-order chi connectivity index (χ0) is 19.4. The van der Waals surface area contributed by atoms with Crippen molar-refractivity contribution in [2.24, 2.45) is 0 Å². The van der Waals surface area contributed by atoms with Crippen LogP contribution in [0.4, 0.5) is 0 Å². The maximum absolute atomic E-state index is 12.2. The number of carbonyl (C=O) groups excluding carboxylic acids is 1. The molecular formula is C22H19NO5. The first kappa shape index (κ1) is 16.9. The summed E-state index contributed by atoms with van der Waals surface area (Å²) in [6, 6.07) is 9.96. The van der Waals surface area contributed by atoms with Gasteiger partial charge in [0.15, 0.2) is 11.5 Å². The molecule has 0 fully saturated rings. The van der Waals surface area contributed by atoms with Gasteiger partial charge in [0.1, 0.15) is 5.75 Å². The molecule has 2 aliphatic rings. The average Bonchev–Trinajstić information content (AvgIpc) is 3.12. The molecule has 0 saturated carbocycles. The first-order valence-electron chi connectivity index (χ1n) is 9.13. The fraction of sp³-hybridized carbons (Fsp3) is 0.273. The third-order valence-electron chi connectivity index (χ3n) is 5.31. The molecule has 2 aromatic carbocycles. The van der Waals surface area contributed by atoms with Crippen molar-refractivity contribution < 1.29 is 23.7 Å². The lowest BCUT2D eigenvalue weighted by Crippen LogP contribution is -2.16. The number of fused-ring (bicyclic) bond motifs is 4. The molecule has 142 valence electrons. The Kier molecular flexibility index (Phi) is 3.69. The Bertz CT molecular complexity index is 1140. The summed E-state index contributed by atoms with van der Waals surface area (Å²) in [7, 11) is 1.40. The molecule has 3 heterocycles. The highest BCUT2D eigenvalue weighted by molar-refractivity contribution is 5.85. The van der Waals surface area contributed by atoms with E-state index in [2.05, 4.69) is 25.1 Å². The number of nitrogens with zero attached hydrogens (tertiary/aromatic N) is 1. The van der Waals surface area contributed by atoms with Crippen LogP contribution < -0.4 is 14.2 Å². The van der Waals surface area contributed by atoms with Gasteiger partial charge in [-0.1, -0.05) is 11.6 Å². The number of methoxy groups -OCH3 is 1. The Morgan fingerprint density at radius 1 is 1.07 bits per heavy atom. The maximum Gasteiger partial charge on any atom is 0.306 e. The molecule has 3 aromatic rings. The molecule has 5 rings (SSSR count). The number of aryl methyl sites for hydroxylation is 2. The second-order valence-electron chi connectivity index (χ2n) is 7.21. The van der Waals surface area contributed by atoms with Gasteiger partial charge >= 0.3 is 5.97 Å². The lowest BCUT2D eigenvalue weighted by Gasteiger charge is -2.27. The summed E-state index contributed by atoms with van der Waals surface area (Å²) in [5, 5.41) is 1.03. The standard InChI is InChI=1S/C22H19NO5/c1-11-4-12(2)21-13(5-11)6-16-14(8-20(24)25-3)15-7-18-19(27-10-26-18)9-17(15)28-22(16)23-21/h4-7,9,14H,8,10H2,1-3H3. The predicted molar refractivity (Wildman–Crippen MR) is 102 cm³/mol. The van der Waals surface area contributed by atoms with Crippen molar-refractivity contribution in [3.05, 3.63) is 52.6 Å². The number of carbonyl (C=O) groups is 1. The predicted octanol–water partition coefficient (Wildman–Crippen LogP) is 4.38. The summed E-state index contributed by atoms with van der Waals surface area (Å²) in [6.07, 6.45) is 0.192. The number of hydrogen-bond acceptors (Lipinski definition) is 6. The molecule has 0 N–H and O–H groups in total. The second kappa shape index (κ2) is 6.12. The molecule has 0 bridgehead atoms. The van der Waals surface area contributed by atoms with Gasteiger partial charge in [-0.2, -0.15) is 0 Å². The summed E-state index contributed by atoms with van der Waals surface area (Å²) in [5.74, 6) is 1.90. The molecule has 0 radical (unpaired) electrons. The van der Waals surface area contributed by atoms with E-state index in [1.54, 1.807) is 6.07 Å². The average molecular weight is 377 g/mol. The molecule has 0 spiro atoms. The highest BCUT2D eigenvalue weighted by Crippen LogP contribution is 2.50. The van der Waals surface area contributed by atoms with Gasteiger partial charge in [-0.25, -0.2) is 4.98 Å². The molecule has 6 heteroatoms. The van der Waals surface area contributed by atoms with Crippen LogP contribution in [0.15, 0.2) is 30.3 Å². The van der Waals surface area contributed by atoms with E-state index >= 15 is 0 Å². The number of aromatic nitrogens is 1. The van der Waals surface area contributed by atoms with Crippen molar-refractivity contribution in [3.8, 4) is 23.1 Å². The largest absolute Gasteiger partial charge is 0.469 e. The highest BCUT2D eigenvalue weighted by atomic mass is 16.7. The number of esters is 1. The summed E-state index contributed by atoms with van der Waals surface area (Å²) >= 11 is 0. The first-order valence-corrected chi connectivity index (χ1v) is 9.13. The second-order valence-corrected chi connectivity index (χ2v) is 7.21. The van der Waals surface area contributed by atoms with E-state index < -0.39 is 0 Å². The molecular weight excluding hydrogens is 358 g/mol. The minimum absolute atomic E-state index is 0.174. The van der Waals surface area contributed by atoms with Gasteiger partial charge in [0.25, 0.3) is 0 Å². The molecule has 1 aromatic heterocycles. The van der Waals surface area contributed by atoms with Gasteiger partial charge in [0.05, 0.1) is 19.0 Å². The van der Waals surface area contributed by atoms with Crippen LogP contribution in [0, 0.1) is 13.8 Å². The van der Waals surface area contributed by atoms with E-state index in [0.717, 1.165) is 33.2 Å². The van der Waals surface area contributed by atoms with E-state index in [9.17, 15) is 4.79 Å². The van der Waals surface area contributed by atoms with Gasteiger partial charge in [-0.3, -0.25) is 4.79 Å². The van der Waals surface area contributed by atoms with Crippen molar-refractivity contribution in [2.75, 3.05) is 13.9 Å². The fourth-order valence-corrected chi connectivity index (χ4v) is 4.02. The van der Waals surface area contributed by atoms with Crippen LogP contribution in [0.3, 0.4) is 0 Å². The molecule has 1 atom stereocenters. The molecule has 0 amide bonds. The highest BCUT2D eigenvalue weighted by Gasteiger charge is 2.33. The van der Waals surface area contributed by atoms with E-state index in [0.29, 0.717) is 23.1 Å². The van der Waals surface area contributed by atoms with Crippen molar-refractivity contribution >= 4 is 16.9 Å². The Balaban J connectivity index is 1.73. The van der Waals surface area contributed by atoms with Gasteiger partial charge in [0.2, 0.25) is 12.7 Å². The topological polar surface area (TPSA) is 66.9 Å². The molecule has 6 nitrogen and oxygen atoms in total. The van der Waals surface area contributed by atoms with Crippen LogP contribution >= 0.6 is 0 Å². The number of pyridine rings is 1. The summed E-state index contributed by atoms with van der Waals surface area (Å²) in [4.78, 5) is 17.0. The third kappa shape index (κ3) is 2.56. The molecule has 2 aliphatic heterocycles. The smallest absolute Gasteiger partial charge is 0.306 e. The molecule has 0 aliphatic carbocycles. The van der Waals surface area contributed by atoms with Crippen LogP contribution in [0.2, 0.25) is 0 Å². The summed E-state index contributed by atoms with van der Waals surface area (Å²) < 4.78 is 22.1. The van der Waals surface area contributed by atoms with Crippen molar-refractivity contribution in [2.45, 2.75) is 26.2 Å². The first-order chi connectivity index (χ1) is 13.5. The lowest BCUT2D eigenvalue weighted by atomic mass is 9.85. The van der Waals surface area contributed by atoms with Crippen molar-refractivity contribution in [1.82, 2.24) is 4.98 Å². The summed E-state index contributed by atoms with van der Waals surface area (Å²) in [5.41, 5.74) is 4.88. The van der Waals surface area contributed by atoms with E-state index in [1.165, 1.54) is 7.11 Å². The molecule has 28 heavy (non-hydrogen) atoms. The SMILES string of the molecule is COC(=O)CC1c2cc3c(cc2Oc2nc4c(C)cc(C)cc4cc21)OCO3. The normalized spacial score (nSPS) is 16.3. The quantitative estimate of drug-likeness (QED) is 0.618. The van der Waals surface area contributed by atoms with Crippen LogP contribution in [0.5, 0.6) is 23.1 Å². The Morgan fingerprint density at radius 2 is 1.86 bits per heavy atom. The van der Waals surface area contributed by atoms with E-state index in [1.807, 2.05) is 13.0 Å². The zero-order valence-electron chi connectivity index (χ0n) is 15.9. The van der Waals surface area contributed by atoms with Crippen molar-refractivity contribution in [1.29, 1.82) is 0 Å². The van der Waals surface area contributed by atoms with Crippen LogP contribution in [-0.4, -0.2) is 24.9 Å². The van der Waals surface area contributed by atoms with Gasteiger partial charge < -0.3 is 18.9 Å². The molecule has 0 saturated heterocycles. The van der Waals surface area contributed by atoms with Crippen LogP contribution in [0.25, 0.3) is 10.9 Å². The minimum atomic E-state index is -0.290. The Morgan fingerprint density at radius 3 is 2.64 bits per heavy atom. The summed E-state index contributed by atoms with van der Waals surface area (Å²) in [6.45, 7) is 4.27. The third-order valence-corrected chi connectivity index (χ3v) is 5.31. The number of hydrogen-bond donors (Lipinski definition) is 0. The Hall–Kier alpha value is -3.28. The fourth-order valence-electron chi connectivity index (χ4n) is 4.02. The van der Waals surface area contributed by atoms with Gasteiger partial charge in [0, 0.05) is 28.5 Å². The van der Waals surface area contributed by atoms with Gasteiger partial charge in [-0.05, 0) is 37.6 Å². The number of ether oxygens (including phenoxy) is 4. The van der Waals surface area contributed by atoms with Crippen molar-refractivity contribution in [3.63, 3.8) is 0 Å².